The van der Waals surface area contributed by atoms with Gasteiger partial charge in [0, 0.05) is 47.2 Å². The minimum Gasteiger partial charge on any atom is -0.473 e. The predicted octanol–water partition coefficient (Wildman–Crippen LogP) is 3.19. The monoisotopic (exact) mass is 422 g/mol. The highest BCUT2D eigenvalue weighted by Crippen LogP contribution is 2.18. The van der Waals surface area contributed by atoms with Gasteiger partial charge in [-0.3, -0.25) is 4.79 Å². The molecule has 1 aromatic carbocycles. The summed E-state index contributed by atoms with van der Waals surface area (Å²) in [5, 5.41) is 0.965. The van der Waals surface area contributed by atoms with Crippen molar-refractivity contribution < 1.29 is 9.53 Å². The molecule has 0 spiro atoms. The molecule has 8 nitrogen and oxygen atoms in total. The van der Waals surface area contributed by atoms with E-state index in [9.17, 15) is 4.79 Å². The average Bonchev–Trinajstić information content (AvgIpc) is 3.19. The number of nitrogens with two attached hydrogens (primary N) is 1. The first-order chi connectivity index (χ1) is 14.6. The second-order valence-electron chi connectivity index (χ2n) is 6.60. The molecule has 3 heterocycles. The van der Waals surface area contributed by atoms with E-state index in [-0.39, 0.29) is 19.1 Å². The van der Waals surface area contributed by atoms with Gasteiger partial charge in [0.15, 0.2) is 0 Å². The molecule has 0 aliphatic rings. The van der Waals surface area contributed by atoms with Crippen LogP contribution in [0.15, 0.2) is 61.1 Å². The van der Waals surface area contributed by atoms with Crippen molar-refractivity contribution in [2.45, 2.75) is 19.7 Å². The number of carbonyl (C=O) groups excluding carboxylic acids is 1. The Kier molecular flexibility index (Phi) is 5.87. The van der Waals surface area contributed by atoms with Crippen molar-refractivity contribution in [1.29, 1.82) is 0 Å². The Labute approximate surface area is 177 Å². The van der Waals surface area contributed by atoms with Gasteiger partial charge in [-0.2, -0.15) is 0 Å². The van der Waals surface area contributed by atoms with Gasteiger partial charge in [0.2, 0.25) is 5.88 Å². The molecule has 0 unspecified atom stereocenters. The van der Waals surface area contributed by atoms with Crippen LogP contribution in [-0.2, 0) is 19.7 Å². The summed E-state index contributed by atoms with van der Waals surface area (Å²) in [6.45, 7) is 0.777. The van der Waals surface area contributed by atoms with Crippen LogP contribution in [0.25, 0.3) is 11.0 Å². The van der Waals surface area contributed by atoms with Gasteiger partial charge in [0.1, 0.15) is 18.6 Å². The standard InChI is InChI=1S/C21H19ClN6O2/c22-28(11-18-8-15-5-2-6-24-20(15)27-18)21(29)16-4-1-3-14(7-16)12-30-19-9-17(10-23)25-13-26-19/h1-9,13H,10-12,23H2,(H,24,27). The van der Waals surface area contributed by atoms with Crippen LogP contribution in [0.5, 0.6) is 5.88 Å². The molecule has 0 fully saturated rings. The Morgan fingerprint density at radius 2 is 2.03 bits per heavy atom. The lowest BCUT2D eigenvalue weighted by molar-refractivity contribution is 0.0856. The van der Waals surface area contributed by atoms with E-state index in [1.165, 1.54) is 6.33 Å². The molecular formula is C21H19ClN6O2. The third-order valence-electron chi connectivity index (χ3n) is 4.45. The van der Waals surface area contributed by atoms with E-state index >= 15 is 0 Å². The van der Waals surface area contributed by atoms with Crippen molar-refractivity contribution in [2.75, 3.05) is 0 Å². The largest absolute Gasteiger partial charge is 0.473 e. The average molecular weight is 423 g/mol. The summed E-state index contributed by atoms with van der Waals surface area (Å²) in [6.07, 6.45) is 3.11. The third kappa shape index (κ3) is 4.56. The summed E-state index contributed by atoms with van der Waals surface area (Å²) >= 11 is 6.27. The first kappa shape index (κ1) is 19.8. The van der Waals surface area contributed by atoms with E-state index in [1.807, 2.05) is 24.3 Å². The first-order valence-electron chi connectivity index (χ1n) is 9.25. The highest BCUT2D eigenvalue weighted by molar-refractivity contribution is 6.24. The molecule has 0 saturated heterocycles. The summed E-state index contributed by atoms with van der Waals surface area (Å²) in [7, 11) is 0. The lowest BCUT2D eigenvalue weighted by atomic mass is 10.1. The quantitative estimate of drug-likeness (QED) is 0.442. The number of nitrogens with zero attached hydrogens (tertiary/aromatic N) is 4. The third-order valence-corrected chi connectivity index (χ3v) is 4.72. The zero-order valence-corrected chi connectivity index (χ0v) is 16.7. The molecule has 1 amide bonds. The number of hydrogen-bond acceptors (Lipinski definition) is 6. The van der Waals surface area contributed by atoms with Crippen LogP contribution >= 0.6 is 11.8 Å². The second kappa shape index (κ2) is 8.89. The molecule has 0 radical (unpaired) electrons. The fourth-order valence-electron chi connectivity index (χ4n) is 2.98. The normalized spacial score (nSPS) is 10.9. The van der Waals surface area contributed by atoms with Gasteiger partial charge in [-0.1, -0.05) is 12.1 Å². The topological polar surface area (TPSA) is 110 Å². The van der Waals surface area contributed by atoms with Crippen LogP contribution in [0, 0.1) is 0 Å². The highest BCUT2D eigenvalue weighted by atomic mass is 35.5. The van der Waals surface area contributed by atoms with Crippen molar-refractivity contribution in [1.82, 2.24) is 24.4 Å². The van der Waals surface area contributed by atoms with Crippen LogP contribution in [0.3, 0.4) is 0 Å². The Balaban J connectivity index is 1.42. The summed E-state index contributed by atoms with van der Waals surface area (Å²) in [6, 6.07) is 14.5. The number of carbonyl (C=O) groups is 1. The molecule has 3 aromatic heterocycles. The maximum atomic E-state index is 12.8. The Bertz CT molecular complexity index is 1150. The summed E-state index contributed by atoms with van der Waals surface area (Å²) in [5.41, 5.74) is 9.10. The number of nitrogens with one attached hydrogen (secondary N) is 1. The molecule has 4 rings (SSSR count). The van der Waals surface area contributed by atoms with Gasteiger partial charge in [-0.25, -0.2) is 19.4 Å². The predicted molar refractivity (Wildman–Crippen MR) is 113 cm³/mol. The fraction of sp³-hybridized carbons (Fsp3) is 0.143. The number of rotatable bonds is 7. The maximum Gasteiger partial charge on any atom is 0.268 e. The van der Waals surface area contributed by atoms with Crippen LogP contribution in [0.2, 0.25) is 0 Å². The Morgan fingerprint density at radius 1 is 1.13 bits per heavy atom. The summed E-state index contributed by atoms with van der Waals surface area (Å²) in [4.78, 5) is 28.3. The van der Waals surface area contributed by atoms with E-state index in [2.05, 4.69) is 19.9 Å². The minimum absolute atomic E-state index is 0.222. The lowest BCUT2D eigenvalue weighted by Crippen LogP contribution is -2.21. The maximum absolute atomic E-state index is 12.8. The van der Waals surface area contributed by atoms with E-state index in [1.54, 1.807) is 30.5 Å². The van der Waals surface area contributed by atoms with Gasteiger partial charge in [-0.15, -0.1) is 0 Å². The van der Waals surface area contributed by atoms with Crippen LogP contribution < -0.4 is 10.5 Å². The van der Waals surface area contributed by atoms with Gasteiger partial charge in [0.25, 0.3) is 5.91 Å². The SMILES string of the molecule is NCc1cc(OCc2cccc(C(=O)N(Cl)Cc3cc4cccnc4[nH]3)c2)ncn1. The number of H-pyrrole nitrogens is 1. The smallest absolute Gasteiger partial charge is 0.268 e. The highest BCUT2D eigenvalue weighted by Gasteiger charge is 2.16. The zero-order valence-electron chi connectivity index (χ0n) is 16.0. The summed E-state index contributed by atoms with van der Waals surface area (Å²) in [5.74, 6) is 0.117. The number of benzene rings is 1. The van der Waals surface area contributed by atoms with E-state index in [0.717, 1.165) is 26.7 Å². The van der Waals surface area contributed by atoms with Gasteiger partial charge >= 0.3 is 0 Å². The van der Waals surface area contributed by atoms with E-state index < -0.39 is 0 Å². The number of pyridine rings is 1. The van der Waals surface area contributed by atoms with E-state index in [4.69, 9.17) is 22.2 Å². The lowest BCUT2D eigenvalue weighted by Gasteiger charge is -2.14. The molecule has 0 aliphatic heterocycles. The molecule has 152 valence electrons. The fourth-order valence-corrected chi connectivity index (χ4v) is 3.21. The molecule has 4 aromatic rings. The molecule has 0 saturated carbocycles. The number of fused-ring (bicyclic) bond motifs is 1. The van der Waals surface area contributed by atoms with Gasteiger partial charge < -0.3 is 15.5 Å². The Morgan fingerprint density at radius 3 is 2.87 bits per heavy atom. The van der Waals surface area contributed by atoms with Gasteiger partial charge in [-0.05, 0) is 35.9 Å². The number of aromatic nitrogens is 4. The molecule has 0 bridgehead atoms. The summed E-state index contributed by atoms with van der Waals surface area (Å²) < 4.78 is 6.82. The molecule has 0 aliphatic carbocycles. The van der Waals surface area contributed by atoms with Crippen LogP contribution in [0.1, 0.15) is 27.3 Å². The molecule has 3 N–H and O–H groups in total. The molecule has 9 heteroatoms. The van der Waals surface area contributed by atoms with Crippen molar-refractivity contribution in [2.24, 2.45) is 5.73 Å². The van der Waals surface area contributed by atoms with Crippen molar-refractivity contribution in [3.8, 4) is 5.88 Å². The number of hydrogen-bond donors (Lipinski definition) is 2. The minimum atomic E-state index is -0.308. The number of ether oxygens (including phenoxy) is 1. The van der Waals surface area contributed by atoms with Crippen LogP contribution in [0.4, 0.5) is 0 Å². The van der Waals surface area contributed by atoms with Gasteiger partial charge in [0.05, 0.1) is 12.2 Å². The number of halogens is 1. The zero-order chi connectivity index (χ0) is 20.9. The molecular weight excluding hydrogens is 404 g/mol. The Hall–Kier alpha value is -3.49. The van der Waals surface area contributed by atoms with Crippen LogP contribution in [-0.4, -0.2) is 30.3 Å². The number of amides is 1. The molecule has 30 heavy (non-hydrogen) atoms. The molecule has 0 atom stereocenters. The van der Waals surface area contributed by atoms with Crippen molar-refractivity contribution in [3.63, 3.8) is 0 Å². The van der Waals surface area contributed by atoms with E-state index in [0.29, 0.717) is 23.7 Å². The number of aromatic amines is 1. The second-order valence-corrected chi connectivity index (χ2v) is 7.01. The first-order valence-corrected chi connectivity index (χ1v) is 9.59. The van der Waals surface area contributed by atoms with Crippen molar-refractivity contribution >= 4 is 28.7 Å². The van der Waals surface area contributed by atoms with Crippen molar-refractivity contribution in [3.05, 3.63) is 83.6 Å².